The maximum absolute atomic E-state index is 13.1. The highest BCUT2D eigenvalue weighted by Gasteiger charge is 2.22. The van der Waals surface area contributed by atoms with Gasteiger partial charge in [0.1, 0.15) is 5.75 Å². The molecule has 0 aliphatic heterocycles. The number of nitrogens with one attached hydrogen (secondary N) is 1. The normalized spacial score (nSPS) is 12.6. The Hall–Kier alpha value is -3.17. The molecule has 1 aromatic carbocycles. The Kier molecular flexibility index (Phi) is 5.24. The number of hydrogen-bond donors (Lipinski definition) is 1. The van der Waals surface area contributed by atoms with E-state index in [4.69, 9.17) is 0 Å². The van der Waals surface area contributed by atoms with E-state index in [1.54, 1.807) is 0 Å². The molecule has 3 rings (SSSR count). The Morgan fingerprint density at radius 2 is 1.63 bits per heavy atom. The lowest BCUT2D eigenvalue weighted by Crippen LogP contribution is -2.20. The Balaban J connectivity index is 2.05. The van der Waals surface area contributed by atoms with Crippen LogP contribution in [0.5, 0.6) is 11.6 Å². The lowest BCUT2D eigenvalue weighted by molar-refractivity contribution is -0.0688. The van der Waals surface area contributed by atoms with E-state index in [1.165, 1.54) is 42.6 Å². The number of ether oxygens (including phenoxy) is 2. The minimum absolute atomic E-state index is 0.0361. The van der Waals surface area contributed by atoms with Crippen molar-refractivity contribution >= 4 is 10.9 Å². The minimum atomic E-state index is -3.36. The number of rotatable bonds is 6. The molecule has 5 nitrogen and oxygen atoms in total. The summed E-state index contributed by atoms with van der Waals surface area (Å²) in [4.78, 5) is 18.7. The maximum atomic E-state index is 13.1. The van der Waals surface area contributed by atoms with Crippen molar-refractivity contribution in [2.75, 3.05) is 0 Å². The molecule has 1 N–H and O–H groups in total. The summed E-state index contributed by atoms with van der Waals surface area (Å²) in [5.74, 6) is -0.542. The van der Waals surface area contributed by atoms with Gasteiger partial charge in [-0.05, 0) is 23.8 Å². The molecule has 0 saturated heterocycles. The van der Waals surface area contributed by atoms with Gasteiger partial charge in [0.05, 0.1) is 11.1 Å². The Morgan fingerprint density at radius 3 is 2.26 bits per heavy atom. The van der Waals surface area contributed by atoms with Crippen LogP contribution in [0.3, 0.4) is 0 Å². The second-order valence-electron chi connectivity index (χ2n) is 5.29. The van der Waals surface area contributed by atoms with E-state index >= 15 is 0 Å². The van der Waals surface area contributed by atoms with E-state index in [2.05, 4.69) is 19.4 Å². The van der Waals surface area contributed by atoms with Gasteiger partial charge in [0.2, 0.25) is 5.88 Å². The summed E-state index contributed by atoms with van der Waals surface area (Å²) >= 11 is 0. The molecule has 0 spiro atoms. The van der Waals surface area contributed by atoms with Crippen LogP contribution in [-0.4, -0.2) is 29.4 Å². The monoisotopic (exact) mass is 386 g/mol. The van der Waals surface area contributed by atoms with Crippen molar-refractivity contribution in [3.8, 4) is 22.8 Å². The van der Waals surface area contributed by atoms with Gasteiger partial charge in [0.25, 0.3) is 11.9 Å². The summed E-state index contributed by atoms with van der Waals surface area (Å²) in [7, 11) is 0. The first-order valence-corrected chi connectivity index (χ1v) is 7.51. The van der Waals surface area contributed by atoms with Gasteiger partial charge in [0, 0.05) is 17.6 Å². The number of fused-ring (bicyclic) bond motifs is 1. The Morgan fingerprint density at radius 1 is 0.926 bits per heavy atom. The zero-order valence-electron chi connectivity index (χ0n) is 13.3. The van der Waals surface area contributed by atoms with E-state index in [1.807, 2.05) is 0 Å². The lowest BCUT2D eigenvalue weighted by Gasteiger charge is -2.11. The zero-order valence-corrected chi connectivity index (χ0v) is 13.3. The molecular formula is C17H11F5N2O3. The summed E-state index contributed by atoms with van der Waals surface area (Å²) in [6.07, 6.45) is -4.89. The van der Waals surface area contributed by atoms with Crippen LogP contribution in [0.15, 0.2) is 47.4 Å². The Labute approximate surface area is 148 Å². The highest BCUT2D eigenvalue weighted by molar-refractivity contribution is 5.92. The zero-order chi connectivity index (χ0) is 19.6. The van der Waals surface area contributed by atoms with E-state index in [-0.39, 0.29) is 16.8 Å². The SMILES string of the molecule is O=c1[nH]cc2ccc(OC(F)C(F)F)nc2c1-c1ccc(OC(F)F)cc1. The van der Waals surface area contributed by atoms with Crippen LogP contribution < -0.4 is 15.0 Å². The van der Waals surface area contributed by atoms with Gasteiger partial charge in [-0.1, -0.05) is 12.1 Å². The van der Waals surface area contributed by atoms with Crippen molar-refractivity contribution in [1.29, 1.82) is 0 Å². The van der Waals surface area contributed by atoms with Crippen molar-refractivity contribution in [2.45, 2.75) is 19.4 Å². The number of alkyl halides is 5. The van der Waals surface area contributed by atoms with Crippen LogP contribution in [0.1, 0.15) is 0 Å². The smallest absolute Gasteiger partial charge is 0.387 e. The highest BCUT2D eigenvalue weighted by Crippen LogP contribution is 2.28. The van der Waals surface area contributed by atoms with Crippen LogP contribution >= 0.6 is 0 Å². The third-order valence-electron chi connectivity index (χ3n) is 3.52. The molecule has 0 fully saturated rings. The van der Waals surface area contributed by atoms with Crippen molar-refractivity contribution in [3.63, 3.8) is 0 Å². The molecule has 142 valence electrons. The number of pyridine rings is 2. The standard InChI is InChI=1S/C17H11F5N2O3/c18-14(19)15(20)27-11-6-3-9-7-23-16(25)12(13(9)24-11)8-1-4-10(5-2-8)26-17(21)22/h1-7,14-15,17H,(H,23,25). The summed E-state index contributed by atoms with van der Waals surface area (Å²) in [6, 6.07) is 7.76. The molecule has 10 heteroatoms. The molecule has 0 radical (unpaired) electrons. The summed E-state index contributed by atoms with van der Waals surface area (Å²) in [5, 5.41) is 0.428. The first kappa shape index (κ1) is 18.6. The largest absolute Gasteiger partial charge is 0.437 e. The third kappa shape index (κ3) is 4.15. The number of aromatic amines is 1. The quantitative estimate of drug-likeness (QED) is 0.647. The fourth-order valence-corrected chi connectivity index (χ4v) is 2.40. The van der Waals surface area contributed by atoms with Crippen molar-refractivity contribution < 1.29 is 31.4 Å². The number of benzene rings is 1. The summed E-state index contributed by atoms with van der Waals surface area (Å²) < 4.78 is 70.9. The predicted molar refractivity (Wildman–Crippen MR) is 86.0 cm³/mol. The molecule has 2 heterocycles. The Bertz CT molecular complexity index is 992. The van der Waals surface area contributed by atoms with Crippen LogP contribution in [0.4, 0.5) is 22.0 Å². The number of H-pyrrole nitrogens is 1. The molecule has 0 aliphatic carbocycles. The molecule has 0 saturated carbocycles. The van der Waals surface area contributed by atoms with Crippen molar-refractivity contribution in [2.24, 2.45) is 0 Å². The van der Waals surface area contributed by atoms with E-state index < -0.39 is 30.8 Å². The average Bonchev–Trinajstić information content (AvgIpc) is 2.62. The molecule has 0 amide bonds. The van der Waals surface area contributed by atoms with Crippen molar-refractivity contribution in [3.05, 3.63) is 52.9 Å². The van der Waals surface area contributed by atoms with Gasteiger partial charge in [-0.2, -0.15) is 13.2 Å². The third-order valence-corrected chi connectivity index (χ3v) is 3.52. The fraction of sp³-hybridized carbons (Fsp3) is 0.176. The van der Waals surface area contributed by atoms with Gasteiger partial charge in [-0.25, -0.2) is 13.8 Å². The number of hydrogen-bond acceptors (Lipinski definition) is 4. The summed E-state index contributed by atoms with van der Waals surface area (Å²) in [5.41, 5.74) is -0.159. The van der Waals surface area contributed by atoms with Crippen LogP contribution in [0.25, 0.3) is 22.0 Å². The van der Waals surface area contributed by atoms with Gasteiger partial charge >= 0.3 is 13.0 Å². The van der Waals surface area contributed by atoms with Gasteiger partial charge < -0.3 is 14.5 Å². The fourth-order valence-electron chi connectivity index (χ4n) is 2.40. The predicted octanol–water partition coefficient (Wildman–Crippen LogP) is 4.13. The van der Waals surface area contributed by atoms with Gasteiger partial charge in [0.15, 0.2) is 0 Å². The first-order valence-electron chi connectivity index (χ1n) is 7.51. The molecule has 0 aliphatic rings. The van der Waals surface area contributed by atoms with E-state index in [9.17, 15) is 26.7 Å². The first-order chi connectivity index (χ1) is 12.8. The minimum Gasteiger partial charge on any atom is -0.437 e. The second-order valence-corrected chi connectivity index (χ2v) is 5.29. The molecule has 3 aromatic rings. The molecule has 27 heavy (non-hydrogen) atoms. The van der Waals surface area contributed by atoms with Crippen LogP contribution in [0, 0.1) is 0 Å². The topological polar surface area (TPSA) is 64.2 Å². The average molecular weight is 386 g/mol. The number of halogens is 5. The van der Waals surface area contributed by atoms with Crippen LogP contribution in [-0.2, 0) is 0 Å². The number of aromatic nitrogens is 2. The van der Waals surface area contributed by atoms with Crippen molar-refractivity contribution in [1.82, 2.24) is 9.97 Å². The van der Waals surface area contributed by atoms with E-state index in [0.29, 0.717) is 10.9 Å². The molecule has 0 bridgehead atoms. The highest BCUT2D eigenvalue weighted by atomic mass is 19.3. The second kappa shape index (κ2) is 7.60. The molecule has 1 unspecified atom stereocenters. The van der Waals surface area contributed by atoms with Crippen LogP contribution in [0.2, 0.25) is 0 Å². The van der Waals surface area contributed by atoms with Gasteiger partial charge in [-0.3, -0.25) is 4.79 Å². The molecule has 1 atom stereocenters. The van der Waals surface area contributed by atoms with E-state index in [0.717, 1.165) is 0 Å². The lowest BCUT2D eigenvalue weighted by atomic mass is 10.0. The molecule has 2 aromatic heterocycles. The summed E-state index contributed by atoms with van der Waals surface area (Å²) in [6.45, 7) is -3.00. The molecular weight excluding hydrogens is 375 g/mol. The maximum Gasteiger partial charge on any atom is 0.387 e. The van der Waals surface area contributed by atoms with Gasteiger partial charge in [-0.15, -0.1) is 0 Å². The number of nitrogens with zero attached hydrogens (tertiary/aromatic N) is 1.